The van der Waals surface area contributed by atoms with Crippen molar-refractivity contribution in [1.29, 1.82) is 0 Å². The molecule has 32 heavy (non-hydrogen) atoms. The van der Waals surface area contributed by atoms with Gasteiger partial charge in [0.2, 0.25) is 5.91 Å². The summed E-state index contributed by atoms with van der Waals surface area (Å²) < 4.78 is 4.94. The molecule has 0 saturated carbocycles. The summed E-state index contributed by atoms with van der Waals surface area (Å²) in [6.07, 6.45) is 4.53. The van der Waals surface area contributed by atoms with Crippen LogP contribution in [-0.2, 0) is 33.7 Å². The second-order valence-electron chi connectivity index (χ2n) is 8.91. The molecule has 0 aromatic heterocycles. The van der Waals surface area contributed by atoms with E-state index in [1.165, 1.54) is 41.6 Å². The van der Waals surface area contributed by atoms with Crippen molar-refractivity contribution in [2.75, 3.05) is 32.8 Å². The van der Waals surface area contributed by atoms with Crippen LogP contribution in [0.1, 0.15) is 36.5 Å². The van der Waals surface area contributed by atoms with Gasteiger partial charge in [-0.25, -0.2) is 4.79 Å². The largest absolute Gasteiger partial charge is 0.480 e. The van der Waals surface area contributed by atoms with Gasteiger partial charge in [-0.2, -0.15) is 0 Å². The fraction of sp³-hybridized carbons (Fsp3) is 0.462. The lowest BCUT2D eigenvalue weighted by atomic mass is 9.94. The van der Waals surface area contributed by atoms with Crippen LogP contribution < -0.4 is 0 Å². The molecule has 0 spiro atoms. The lowest BCUT2D eigenvalue weighted by Gasteiger charge is -2.29. The molecule has 2 aliphatic rings. The number of fused-ring (bicyclic) bond motifs is 1. The van der Waals surface area contributed by atoms with Gasteiger partial charge in [-0.05, 0) is 67.0 Å². The molecule has 6 heteroatoms. The van der Waals surface area contributed by atoms with Crippen LogP contribution in [-0.4, -0.2) is 65.7 Å². The van der Waals surface area contributed by atoms with E-state index in [9.17, 15) is 9.59 Å². The second kappa shape index (κ2) is 10.3. The normalized spacial score (nSPS) is 18.5. The van der Waals surface area contributed by atoms with Gasteiger partial charge in [-0.15, -0.1) is 0 Å². The Morgan fingerprint density at radius 2 is 1.81 bits per heavy atom. The quantitative estimate of drug-likeness (QED) is 0.687. The molecule has 2 aromatic carbocycles. The maximum Gasteiger partial charge on any atom is 0.329 e. The Bertz CT molecular complexity index is 957. The molecule has 0 radical (unpaired) electrons. The predicted octanol–water partition coefficient (Wildman–Crippen LogP) is 3.37. The van der Waals surface area contributed by atoms with Gasteiger partial charge in [0.1, 0.15) is 13.2 Å². The van der Waals surface area contributed by atoms with Crippen LogP contribution in [0.2, 0.25) is 0 Å². The van der Waals surface area contributed by atoms with Gasteiger partial charge in [0.05, 0.1) is 0 Å². The number of carbonyl (C=O) groups is 2. The molecular formula is C26H32N2O4. The van der Waals surface area contributed by atoms with Crippen molar-refractivity contribution in [2.45, 2.75) is 45.2 Å². The van der Waals surface area contributed by atoms with Crippen molar-refractivity contribution in [3.63, 3.8) is 0 Å². The summed E-state index contributed by atoms with van der Waals surface area (Å²) >= 11 is 0. The highest BCUT2D eigenvalue weighted by Gasteiger charge is 2.22. The van der Waals surface area contributed by atoms with E-state index in [4.69, 9.17) is 9.84 Å². The Morgan fingerprint density at radius 1 is 1.03 bits per heavy atom. The molecular weight excluding hydrogens is 404 g/mol. The topological polar surface area (TPSA) is 70.1 Å². The lowest BCUT2D eigenvalue weighted by molar-refractivity contribution is -0.146. The first-order valence-electron chi connectivity index (χ1n) is 11.5. The summed E-state index contributed by atoms with van der Waals surface area (Å²) in [5.74, 6) is -1.23. The van der Waals surface area contributed by atoms with Gasteiger partial charge in [0.15, 0.2) is 0 Å². The monoisotopic (exact) mass is 436 g/mol. The van der Waals surface area contributed by atoms with Crippen LogP contribution in [0, 0.1) is 0 Å². The molecule has 4 rings (SSSR count). The zero-order valence-corrected chi connectivity index (χ0v) is 18.8. The summed E-state index contributed by atoms with van der Waals surface area (Å²) in [6.45, 7) is 5.22. The summed E-state index contributed by atoms with van der Waals surface area (Å²) in [4.78, 5) is 27.1. The van der Waals surface area contributed by atoms with E-state index in [2.05, 4.69) is 54.3 Å². The van der Waals surface area contributed by atoms with E-state index in [-0.39, 0.29) is 12.5 Å². The Hall–Kier alpha value is -2.70. The van der Waals surface area contributed by atoms with Crippen molar-refractivity contribution in [1.82, 2.24) is 9.80 Å². The summed E-state index contributed by atoms with van der Waals surface area (Å²) in [7, 11) is 0. The standard InChI is InChI=1S/C26H32N2O4/c1-19-3-2-12-27(19)13-10-20-4-6-21(7-5-20)22-8-9-24-16-28(14-11-23(24)15-22)25(29)17-32-18-26(30)31/h4-9,15,19H,2-3,10-14,16-18H2,1H3,(H,30,31)/t19-/m1/s1. The molecule has 2 aromatic rings. The van der Waals surface area contributed by atoms with Gasteiger partial charge in [-0.1, -0.05) is 42.5 Å². The minimum absolute atomic E-state index is 0.167. The first-order chi connectivity index (χ1) is 15.5. The van der Waals surface area contributed by atoms with Gasteiger partial charge in [0, 0.05) is 25.7 Å². The molecule has 2 aliphatic heterocycles. The Balaban J connectivity index is 1.34. The summed E-state index contributed by atoms with van der Waals surface area (Å²) in [6, 6.07) is 16.1. The van der Waals surface area contributed by atoms with Gasteiger partial charge in [0.25, 0.3) is 0 Å². The number of carboxylic acid groups (broad SMARTS) is 1. The highest BCUT2D eigenvalue weighted by molar-refractivity contribution is 5.78. The third-order valence-corrected chi connectivity index (χ3v) is 6.69. The number of aliphatic carboxylic acids is 1. The number of hydrogen-bond donors (Lipinski definition) is 1. The number of carbonyl (C=O) groups excluding carboxylic acids is 1. The molecule has 0 bridgehead atoms. The zero-order valence-electron chi connectivity index (χ0n) is 18.8. The predicted molar refractivity (Wildman–Crippen MR) is 123 cm³/mol. The molecule has 1 saturated heterocycles. The molecule has 170 valence electrons. The fourth-order valence-corrected chi connectivity index (χ4v) is 4.72. The lowest BCUT2D eigenvalue weighted by Crippen LogP contribution is -2.38. The molecule has 1 N–H and O–H groups in total. The molecule has 1 amide bonds. The number of nitrogens with zero attached hydrogens (tertiary/aromatic N) is 2. The second-order valence-corrected chi connectivity index (χ2v) is 8.91. The Labute approximate surface area is 189 Å². The van der Waals surface area contributed by atoms with E-state index in [1.54, 1.807) is 4.90 Å². The van der Waals surface area contributed by atoms with Crippen LogP contribution in [0.4, 0.5) is 0 Å². The molecule has 1 fully saturated rings. The van der Waals surface area contributed by atoms with Gasteiger partial charge >= 0.3 is 5.97 Å². The van der Waals surface area contributed by atoms with Crippen LogP contribution in [0.5, 0.6) is 0 Å². The smallest absolute Gasteiger partial charge is 0.329 e. The number of rotatable bonds is 8. The van der Waals surface area contributed by atoms with Crippen molar-refractivity contribution < 1.29 is 19.4 Å². The minimum Gasteiger partial charge on any atom is -0.480 e. The number of amides is 1. The average molecular weight is 437 g/mol. The third-order valence-electron chi connectivity index (χ3n) is 6.69. The first kappa shape index (κ1) is 22.5. The van der Waals surface area contributed by atoms with E-state index in [0.717, 1.165) is 24.9 Å². The SMILES string of the molecule is C[C@@H]1CCCN1CCc1ccc(-c2ccc3c(c2)CCN(C(=O)COCC(=O)O)C3)cc1. The van der Waals surface area contributed by atoms with Crippen molar-refractivity contribution in [3.8, 4) is 11.1 Å². The maximum atomic E-state index is 12.3. The van der Waals surface area contributed by atoms with Gasteiger partial charge in [-0.3, -0.25) is 4.79 Å². The van der Waals surface area contributed by atoms with Crippen LogP contribution in [0.3, 0.4) is 0 Å². The van der Waals surface area contributed by atoms with Crippen molar-refractivity contribution in [3.05, 3.63) is 59.2 Å². The van der Waals surface area contributed by atoms with Crippen LogP contribution in [0.15, 0.2) is 42.5 Å². The van der Waals surface area contributed by atoms with Crippen LogP contribution >= 0.6 is 0 Å². The molecule has 0 aliphatic carbocycles. The molecule has 2 heterocycles. The number of hydrogen-bond acceptors (Lipinski definition) is 4. The average Bonchev–Trinajstić information content (AvgIpc) is 3.21. The number of carboxylic acids is 1. The van der Waals surface area contributed by atoms with E-state index >= 15 is 0 Å². The minimum atomic E-state index is -1.07. The first-order valence-corrected chi connectivity index (χ1v) is 11.5. The van der Waals surface area contributed by atoms with Gasteiger partial charge < -0.3 is 19.6 Å². The third kappa shape index (κ3) is 5.56. The summed E-state index contributed by atoms with van der Waals surface area (Å²) in [5.41, 5.74) is 6.21. The van der Waals surface area contributed by atoms with Crippen LogP contribution in [0.25, 0.3) is 11.1 Å². The number of likely N-dealkylation sites (tertiary alicyclic amines) is 1. The Kier molecular flexibility index (Phi) is 7.22. The zero-order chi connectivity index (χ0) is 22.5. The molecule has 1 atom stereocenters. The van der Waals surface area contributed by atoms with Crippen molar-refractivity contribution in [2.24, 2.45) is 0 Å². The highest BCUT2D eigenvalue weighted by Crippen LogP contribution is 2.27. The van der Waals surface area contributed by atoms with E-state index < -0.39 is 12.6 Å². The molecule has 6 nitrogen and oxygen atoms in total. The van der Waals surface area contributed by atoms with Crippen molar-refractivity contribution >= 4 is 11.9 Å². The number of ether oxygens (including phenoxy) is 1. The highest BCUT2D eigenvalue weighted by atomic mass is 16.5. The fourth-order valence-electron chi connectivity index (χ4n) is 4.72. The Morgan fingerprint density at radius 3 is 2.53 bits per heavy atom. The number of benzene rings is 2. The van der Waals surface area contributed by atoms with E-state index in [0.29, 0.717) is 19.1 Å². The summed E-state index contributed by atoms with van der Waals surface area (Å²) in [5, 5.41) is 8.63. The van der Waals surface area contributed by atoms with E-state index in [1.807, 2.05) is 0 Å². The maximum absolute atomic E-state index is 12.3. The molecule has 0 unspecified atom stereocenters.